The van der Waals surface area contributed by atoms with Crippen LogP contribution in [0.25, 0.3) is 0 Å². The molecule has 1 aromatic carbocycles. The normalized spacial score (nSPS) is 21.4. The molecule has 9 heteroatoms. The molecule has 26 heavy (non-hydrogen) atoms. The fraction of sp³-hybridized carbons (Fsp3) is 0.588. The Hall–Kier alpha value is -1.61. The first-order chi connectivity index (χ1) is 12.1. The Morgan fingerprint density at radius 3 is 2.12 bits per heavy atom. The smallest absolute Gasteiger partial charge is 0.416 e. The van der Waals surface area contributed by atoms with Crippen LogP contribution in [0.5, 0.6) is 0 Å². The Kier molecular flexibility index (Phi) is 6.68. The van der Waals surface area contributed by atoms with E-state index >= 15 is 0 Å². The molecule has 1 aliphatic carbocycles. The lowest BCUT2D eigenvalue weighted by atomic mass is 9.95. The molecule has 0 N–H and O–H groups in total. The molecule has 1 saturated carbocycles. The van der Waals surface area contributed by atoms with Gasteiger partial charge in [0.1, 0.15) is 6.10 Å². The van der Waals surface area contributed by atoms with Crippen LogP contribution in [-0.4, -0.2) is 26.6 Å². The molecular formula is C17H21F3O5S. The maximum absolute atomic E-state index is 12.5. The zero-order valence-corrected chi connectivity index (χ0v) is 15.1. The number of halogens is 3. The van der Waals surface area contributed by atoms with Crippen molar-refractivity contribution in [2.24, 2.45) is 0 Å². The van der Waals surface area contributed by atoms with Gasteiger partial charge >= 0.3 is 12.1 Å². The maximum Gasteiger partial charge on any atom is 0.416 e. The molecule has 0 radical (unpaired) electrons. The third kappa shape index (κ3) is 5.70. The summed E-state index contributed by atoms with van der Waals surface area (Å²) in [5.74, 6) is -0.269. The molecule has 1 fully saturated rings. The van der Waals surface area contributed by atoms with E-state index in [2.05, 4.69) is 0 Å². The van der Waals surface area contributed by atoms with Crippen LogP contribution in [0.1, 0.15) is 51.0 Å². The highest BCUT2D eigenvalue weighted by Gasteiger charge is 2.32. The van der Waals surface area contributed by atoms with Gasteiger partial charge in [0.2, 0.25) is 0 Å². The average molecular weight is 394 g/mol. The molecule has 2 rings (SSSR count). The highest BCUT2D eigenvalue weighted by atomic mass is 32.2. The van der Waals surface area contributed by atoms with E-state index in [4.69, 9.17) is 8.92 Å². The van der Waals surface area contributed by atoms with Crippen molar-refractivity contribution in [2.75, 3.05) is 0 Å². The van der Waals surface area contributed by atoms with Crippen molar-refractivity contribution in [2.45, 2.75) is 68.7 Å². The zero-order valence-electron chi connectivity index (χ0n) is 14.3. The minimum Gasteiger partial charge on any atom is -0.462 e. The van der Waals surface area contributed by atoms with E-state index in [1.54, 1.807) is 0 Å². The second kappa shape index (κ2) is 8.39. The molecule has 0 aliphatic heterocycles. The Morgan fingerprint density at radius 2 is 1.62 bits per heavy atom. The Labute approximate surface area is 150 Å². The molecule has 0 aromatic heterocycles. The third-order valence-electron chi connectivity index (χ3n) is 4.11. The van der Waals surface area contributed by atoms with Crippen LogP contribution in [0.4, 0.5) is 13.2 Å². The van der Waals surface area contributed by atoms with E-state index in [0.717, 1.165) is 12.1 Å². The topological polar surface area (TPSA) is 69.7 Å². The summed E-state index contributed by atoms with van der Waals surface area (Å²) in [6, 6.07) is 3.19. The van der Waals surface area contributed by atoms with E-state index in [1.165, 1.54) is 0 Å². The fourth-order valence-corrected chi connectivity index (χ4v) is 3.87. The standard InChI is InChI=1S/C17H21F3O5S/c1-2-3-16(21)24-13-6-8-14(9-7-13)25-26(22,23)15-10-4-12(5-11-15)17(18,19)20/h4-5,10-11,13-14H,2-3,6-9H2,1H3. The number of carbonyl (C=O) groups is 1. The van der Waals surface area contributed by atoms with Crippen LogP contribution < -0.4 is 0 Å². The van der Waals surface area contributed by atoms with Crippen molar-refractivity contribution in [3.05, 3.63) is 29.8 Å². The molecule has 0 heterocycles. The predicted octanol–water partition coefficient (Wildman–Crippen LogP) is 4.07. The van der Waals surface area contributed by atoms with Gasteiger partial charge in [-0.25, -0.2) is 0 Å². The number of benzene rings is 1. The molecule has 0 atom stereocenters. The number of carbonyl (C=O) groups excluding carboxylic acids is 1. The van der Waals surface area contributed by atoms with Crippen molar-refractivity contribution in [1.29, 1.82) is 0 Å². The van der Waals surface area contributed by atoms with Crippen LogP contribution in [0, 0.1) is 0 Å². The molecule has 0 bridgehead atoms. The second-order valence-corrected chi connectivity index (χ2v) is 7.78. The highest BCUT2D eigenvalue weighted by molar-refractivity contribution is 7.86. The summed E-state index contributed by atoms with van der Waals surface area (Å²) in [4.78, 5) is 11.2. The predicted molar refractivity (Wildman–Crippen MR) is 86.8 cm³/mol. The summed E-state index contributed by atoms with van der Waals surface area (Å²) in [7, 11) is -4.15. The zero-order chi connectivity index (χ0) is 19.4. The Balaban J connectivity index is 1.91. The van der Waals surface area contributed by atoms with Crippen molar-refractivity contribution >= 4 is 16.1 Å². The van der Waals surface area contributed by atoms with Crippen molar-refractivity contribution in [3.63, 3.8) is 0 Å². The minimum absolute atomic E-state index is 0.248. The average Bonchev–Trinajstić information content (AvgIpc) is 2.56. The number of hydrogen-bond acceptors (Lipinski definition) is 5. The largest absolute Gasteiger partial charge is 0.462 e. The first-order valence-corrected chi connectivity index (χ1v) is 9.82. The quantitative estimate of drug-likeness (QED) is 0.537. The SMILES string of the molecule is CCCC(=O)OC1CCC(OS(=O)(=O)c2ccc(C(F)(F)F)cc2)CC1. The second-order valence-electron chi connectivity index (χ2n) is 6.21. The van der Waals surface area contributed by atoms with Gasteiger partial charge in [-0.15, -0.1) is 0 Å². The summed E-state index contributed by atoms with van der Waals surface area (Å²) >= 11 is 0. The summed E-state index contributed by atoms with van der Waals surface area (Å²) in [6.45, 7) is 1.87. The molecular weight excluding hydrogens is 373 g/mol. The molecule has 0 spiro atoms. The first kappa shape index (κ1) is 20.7. The van der Waals surface area contributed by atoms with Gasteiger partial charge in [0.15, 0.2) is 0 Å². The van der Waals surface area contributed by atoms with Crippen LogP contribution in [0.15, 0.2) is 29.2 Å². The monoisotopic (exact) mass is 394 g/mol. The van der Waals surface area contributed by atoms with Gasteiger partial charge in [-0.3, -0.25) is 8.98 Å². The minimum atomic E-state index is -4.53. The Bertz CT molecular complexity index is 705. The first-order valence-electron chi connectivity index (χ1n) is 8.42. The number of alkyl halides is 3. The van der Waals surface area contributed by atoms with Gasteiger partial charge in [0, 0.05) is 6.42 Å². The Morgan fingerprint density at radius 1 is 1.08 bits per heavy atom. The summed E-state index contributed by atoms with van der Waals surface area (Å²) in [5, 5.41) is 0. The van der Waals surface area contributed by atoms with Crippen molar-refractivity contribution in [1.82, 2.24) is 0 Å². The van der Waals surface area contributed by atoms with Gasteiger partial charge in [0.25, 0.3) is 10.1 Å². The fourth-order valence-electron chi connectivity index (χ4n) is 2.74. The third-order valence-corrected chi connectivity index (χ3v) is 5.48. The van der Waals surface area contributed by atoms with E-state index in [0.29, 0.717) is 50.7 Å². The molecule has 0 amide bonds. The highest BCUT2D eigenvalue weighted by Crippen LogP contribution is 2.31. The number of ether oxygens (including phenoxy) is 1. The summed E-state index contributed by atoms with van der Waals surface area (Å²) < 4.78 is 72.5. The summed E-state index contributed by atoms with van der Waals surface area (Å²) in [6.07, 6.45) is -2.55. The van der Waals surface area contributed by atoms with E-state index < -0.39 is 28.0 Å². The van der Waals surface area contributed by atoms with Gasteiger partial charge in [-0.2, -0.15) is 21.6 Å². The maximum atomic E-state index is 12.5. The van der Waals surface area contributed by atoms with Crippen LogP contribution in [0.3, 0.4) is 0 Å². The van der Waals surface area contributed by atoms with Crippen LogP contribution in [-0.2, 0) is 30.0 Å². The van der Waals surface area contributed by atoms with Gasteiger partial charge in [0.05, 0.1) is 16.6 Å². The number of hydrogen-bond donors (Lipinski definition) is 0. The molecule has 5 nitrogen and oxygen atoms in total. The number of rotatable bonds is 6. The van der Waals surface area contributed by atoms with E-state index in [1.807, 2.05) is 6.92 Å². The van der Waals surface area contributed by atoms with Gasteiger partial charge in [-0.1, -0.05) is 6.92 Å². The lowest BCUT2D eigenvalue weighted by Gasteiger charge is -2.27. The molecule has 1 aliphatic rings. The molecule has 146 valence electrons. The van der Waals surface area contributed by atoms with Gasteiger partial charge < -0.3 is 4.74 Å². The van der Waals surface area contributed by atoms with E-state index in [9.17, 15) is 26.4 Å². The van der Waals surface area contributed by atoms with E-state index in [-0.39, 0.29) is 17.0 Å². The van der Waals surface area contributed by atoms with Crippen LogP contribution in [0.2, 0.25) is 0 Å². The van der Waals surface area contributed by atoms with Crippen molar-refractivity contribution in [3.8, 4) is 0 Å². The summed E-state index contributed by atoms with van der Waals surface area (Å²) in [5.41, 5.74) is -0.925. The number of esters is 1. The van der Waals surface area contributed by atoms with Gasteiger partial charge in [-0.05, 0) is 56.4 Å². The molecule has 0 saturated heterocycles. The molecule has 0 unspecified atom stereocenters. The lowest BCUT2D eigenvalue weighted by molar-refractivity contribution is -0.151. The van der Waals surface area contributed by atoms with Crippen molar-refractivity contribution < 1.29 is 35.3 Å². The molecule has 1 aromatic rings. The lowest BCUT2D eigenvalue weighted by Crippen LogP contribution is -2.29. The van der Waals surface area contributed by atoms with Crippen LogP contribution >= 0.6 is 0 Å².